The van der Waals surface area contributed by atoms with Crippen molar-refractivity contribution < 1.29 is 18.7 Å². The van der Waals surface area contributed by atoms with Gasteiger partial charge >= 0.3 is 0 Å². The SMILES string of the molecule is CCOc1nc(CC(=O)c2coc(C)n2)cn2cc(C34COC(C)(C3)C4)nc12. The summed E-state index contributed by atoms with van der Waals surface area (Å²) in [4.78, 5) is 25.9. The second-order valence-corrected chi connectivity index (χ2v) is 8.05. The van der Waals surface area contributed by atoms with E-state index in [9.17, 15) is 4.79 Å². The fourth-order valence-electron chi connectivity index (χ4n) is 4.49. The third-order valence-corrected chi connectivity index (χ3v) is 5.65. The van der Waals surface area contributed by atoms with Crippen LogP contribution in [0.5, 0.6) is 5.88 Å². The van der Waals surface area contributed by atoms with Gasteiger partial charge in [-0.25, -0.2) is 15.0 Å². The van der Waals surface area contributed by atoms with Crippen LogP contribution in [0.4, 0.5) is 0 Å². The molecule has 0 atom stereocenters. The van der Waals surface area contributed by atoms with E-state index >= 15 is 0 Å². The standard InChI is InChI=1S/C20H22N4O4/c1-4-26-18-17-23-16(20-9-19(3,10-20)28-11-20)7-24(17)6-13(22-18)5-15(25)14-8-27-12(2)21-14/h6-8H,4-5,9-11H2,1-3H3. The number of aromatic nitrogens is 4. The topological polar surface area (TPSA) is 91.8 Å². The minimum Gasteiger partial charge on any atom is -0.475 e. The summed E-state index contributed by atoms with van der Waals surface area (Å²) in [5.74, 6) is 0.753. The number of ketones is 1. The molecule has 1 aliphatic carbocycles. The van der Waals surface area contributed by atoms with Gasteiger partial charge in [0.2, 0.25) is 5.65 Å². The molecular formula is C20H22N4O4. The van der Waals surface area contributed by atoms with E-state index < -0.39 is 0 Å². The fraction of sp³-hybridized carbons (Fsp3) is 0.500. The molecule has 146 valence electrons. The van der Waals surface area contributed by atoms with Crippen molar-refractivity contribution in [3.63, 3.8) is 0 Å². The summed E-state index contributed by atoms with van der Waals surface area (Å²) in [5, 5.41) is 0. The molecule has 8 nitrogen and oxygen atoms in total. The summed E-state index contributed by atoms with van der Waals surface area (Å²) < 4.78 is 18.7. The minimum absolute atomic E-state index is 0.00982. The zero-order valence-electron chi connectivity index (χ0n) is 16.2. The normalized spacial score (nSPS) is 25.8. The van der Waals surface area contributed by atoms with Gasteiger partial charge in [-0.05, 0) is 26.7 Å². The van der Waals surface area contributed by atoms with Crippen LogP contribution in [0.2, 0.25) is 0 Å². The van der Waals surface area contributed by atoms with Gasteiger partial charge < -0.3 is 18.3 Å². The molecule has 0 radical (unpaired) electrons. The van der Waals surface area contributed by atoms with Crippen LogP contribution in [0.1, 0.15) is 54.5 Å². The lowest BCUT2D eigenvalue weighted by atomic mass is 9.62. The lowest BCUT2D eigenvalue weighted by Gasteiger charge is -2.41. The van der Waals surface area contributed by atoms with Gasteiger partial charge in [-0.1, -0.05) is 0 Å². The maximum atomic E-state index is 12.5. The summed E-state index contributed by atoms with van der Waals surface area (Å²) >= 11 is 0. The Labute approximate surface area is 161 Å². The van der Waals surface area contributed by atoms with E-state index in [0.29, 0.717) is 42.0 Å². The molecule has 3 aliphatic rings. The van der Waals surface area contributed by atoms with Crippen molar-refractivity contribution in [2.24, 2.45) is 0 Å². The number of hydrogen-bond donors (Lipinski definition) is 0. The van der Waals surface area contributed by atoms with E-state index in [1.165, 1.54) is 6.26 Å². The number of imidazole rings is 1. The predicted molar refractivity (Wildman–Crippen MR) is 98.7 cm³/mol. The molecule has 6 rings (SSSR count). The summed E-state index contributed by atoms with van der Waals surface area (Å²) in [5.41, 5.74) is 2.55. The van der Waals surface area contributed by atoms with Crippen molar-refractivity contribution in [2.75, 3.05) is 13.2 Å². The first-order chi connectivity index (χ1) is 13.4. The molecule has 5 heterocycles. The zero-order chi connectivity index (χ0) is 19.5. The Kier molecular flexibility index (Phi) is 3.64. The molecule has 28 heavy (non-hydrogen) atoms. The third-order valence-electron chi connectivity index (χ3n) is 5.65. The van der Waals surface area contributed by atoms with E-state index in [1.807, 2.05) is 23.7 Å². The van der Waals surface area contributed by atoms with Crippen LogP contribution in [-0.2, 0) is 16.6 Å². The molecule has 3 fully saturated rings. The van der Waals surface area contributed by atoms with E-state index in [2.05, 4.69) is 16.9 Å². The molecule has 1 saturated carbocycles. The molecule has 0 spiro atoms. The second-order valence-electron chi connectivity index (χ2n) is 8.05. The summed E-state index contributed by atoms with van der Waals surface area (Å²) in [6.07, 6.45) is 7.31. The Morgan fingerprint density at radius 3 is 2.75 bits per heavy atom. The molecule has 2 bridgehead atoms. The summed E-state index contributed by atoms with van der Waals surface area (Å²) in [6.45, 7) is 6.92. The second kappa shape index (κ2) is 5.88. The first-order valence-corrected chi connectivity index (χ1v) is 9.51. The van der Waals surface area contributed by atoms with Gasteiger partial charge in [-0.15, -0.1) is 0 Å². The van der Waals surface area contributed by atoms with E-state index in [-0.39, 0.29) is 23.2 Å². The van der Waals surface area contributed by atoms with Gasteiger partial charge in [0.25, 0.3) is 5.88 Å². The monoisotopic (exact) mass is 382 g/mol. The molecule has 8 heteroatoms. The van der Waals surface area contributed by atoms with Crippen LogP contribution < -0.4 is 4.74 Å². The number of Topliss-reactive ketones (excluding diaryl/α,β-unsaturated/α-hetero) is 1. The molecule has 2 aliphatic heterocycles. The average Bonchev–Trinajstić information content (AvgIpc) is 3.36. The number of aryl methyl sites for hydroxylation is 1. The first kappa shape index (κ1) is 17.4. The lowest BCUT2D eigenvalue weighted by molar-refractivity contribution is 0.0154. The highest BCUT2D eigenvalue weighted by Gasteiger charge is 2.61. The minimum atomic E-state index is -0.149. The average molecular weight is 382 g/mol. The van der Waals surface area contributed by atoms with E-state index in [0.717, 1.165) is 18.5 Å². The number of ether oxygens (including phenoxy) is 2. The highest BCUT2D eigenvalue weighted by molar-refractivity contribution is 5.95. The zero-order valence-corrected chi connectivity index (χ0v) is 16.2. The van der Waals surface area contributed by atoms with Crippen molar-refractivity contribution in [3.05, 3.63) is 41.6 Å². The molecule has 3 aromatic heterocycles. The van der Waals surface area contributed by atoms with Gasteiger partial charge in [0.1, 0.15) is 12.0 Å². The molecular weight excluding hydrogens is 360 g/mol. The Bertz CT molecular complexity index is 1080. The van der Waals surface area contributed by atoms with Crippen LogP contribution in [0, 0.1) is 6.92 Å². The van der Waals surface area contributed by atoms with Crippen molar-refractivity contribution in [2.45, 2.75) is 51.0 Å². The predicted octanol–water partition coefficient (Wildman–Crippen LogP) is 2.67. The van der Waals surface area contributed by atoms with Crippen LogP contribution in [-0.4, -0.2) is 44.0 Å². The molecule has 2 saturated heterocycles. The Balaban J connectivity index is 1.50. The summed E-state index contributed by atoms with van der Waals surface area (Å²) in [7, 11) is 0. The Morgan fingerprint density at radius 1 is 1.29 bits per heavy atom. The number of rotatable bonds is 6. The van der Waals surface area contributed by atoms with Gasteiger partial charge in [-0.2, -0.15) is 0 Å². The number of hydrogen-bond acceptors (Lipinski definition) is 7. The van der Waals surface area contributed by atoms with Crippen molar-refractivity contribution >= 4 is 11.4 Å². The molecule has 0 amide bonds. The highest BCUT2D eigenvalue weighted by Crippen LogP contribution is 2.58. The van der Waals surface area contributed by atoms with Crippen molar-refractivity contribution in [1.29, 1.82) is 0 Å². The first-order valence-electron chi connectivity index (χ1n) is 9.51. The quantitative estimate of drug-likeness (QED) is 0.605. The molecule has 0 unspecified atom stereocenters. The van der Waals surface area contributed by atoms with Crippen molar-refractivity contribution in [1.82, 2.24) is 19.4 Å². The summed E-state index contributed by atoms with van der Waals surface area (Å²) in [6, 6.07) is 0. The van der Waals surface area contributed by atoms with Gasteiger partial charge in [0.05, 0.1) is 36.6 Å². The fourth-order valence-corrected chi connectivity index (χ4v) is 4.49. The van der Waals surface area contributed by atoms with Crippen LogP contribution in [0.3, 0.4) is 0 Å². The van der Waals surface area contributed by atoms with E-state index in [1.54, 1.807) is 6.92 Å². The highest BCUT2D eigenvalue weighted by atomic mass is 16.5. The van der Waals surface area contributed by atoms with Gasteiger partial charge in [0.15, 0.2) is 11.7 Å². The van der Waals surface area contributed by atoms with E-state index in [4.69, 9.17) is 18.9 Å². The molecule has 0 N–H and O–H groups in total. The van der Waals surface area contributed by atoms with Crippen LogP contribution in [0.25, 0.3) is 5.65 Å². The number of carbonyl (C=O) groups is 1. The Morgan fingerprint density at radius 2 is 2.11 bits per heavy atom. The van der Waals surface area contributed by atoms with Crippen molar-refractivity contribution in [3.8, 4) is 5.88 Å². The number of nitrogens with zero attached hydrogens (tertiary/aromatic N) is 4. The van der Waals surface area contributed by atoms with Crippen LogP contribution in [0.15, 0.2) is 23.1 Å². The van der Waals surface area contributed by atoms with Gasteiger partial charge in [-0.3, -0.25) is 4.79 Å². The maximum absolute atomic E-state index is 12.5. The maximum Gasteiger partial charge on any atom is 0.258 e. The number of carbonyl (C=O) groups excluding carboxylic acids is 1. The van der Waals surface area contributed by atoms with Crippen LogP contribution >= 0.6 is 0 Å². The lowest BCUT2D eigenvalue weighted by Crippen LogP contribution is -2.45. The number of fused-ring (bicyclic) bond motifs is 2. The number of oxazole rings is 1. The van der Waals surface area contributed by atoms with Gasteiger partial charge in [0, 0.05) is 24.7 Å². The third kappa shape index (κ3) is 2.63. The Hall–Kier alpha value is -2.74. The molecule has 3 aromatic rings. The largest absolute Gasteiger partial charge is 0.475 e. The molecule has 0 aromatic carbocycles. The smallest absolute Gasteiger partial charge is 0.258 e.